The Morgan fingerprint density at radius 2 is 0.700 bits per heavy atom. The van der Waals surface area contributed by atoms with Crippen molar-refractivity contribution >= 4 is 0 Å². The summed E-state index contributed by atoms with van der Waals surface area (Å²) in [6.45, 7) is 21.8. The van der Waals surface area contributed by atoms with Crippen LogP contribution in [0.2, 0.25) is 0 Å². The van der Waals surface area contributed by atoms with Gasteiger partial charge in [-0.1, -0.05) is 142 Å². The molecule has 0 spiro atoms. The van der Waals surface area contributed by atoms with Crippen LogP contribution in [-0.4, -0.2) is 10.2 Å². The van der Waals surface area contributed by atoms with Crippen LogP contribution in [-0.2, 0) is 21.7 Å². The summed E-state index contributed by atoms with van der Waals surface area (Å²) in [5, 5.41) is 24.1. The van der Waals surface area contributed by atoms with Gasteiger partial charge in [0, 0.05) is 33.1 Å². The summed E-state index contributed by atoms with van der Waals surface area (Å²) in [6, 6.07) is 29.1. The lowest BCUT2D eigenvalue weighted by Crippen LogP contribution is -2.22. The molecule has 0 saturated heterocycles. The average molecular weight is 535 g/mol. The molecule has 0 radical (unpaired) electrons. The minimum absolute atomic E-state index is 0.159. The minimum Gasteiger partial charge on any atom is -0.507 e. The zero-order chi connectivity index (χ0) is 29.7. The Morgan fingerprint density at radius 1 is 0.400 bits per heavy atom. The van der Waals surface area contributed by atoms with E-state index in [-0.39, 0.29) is 22.3 Å². The van der Waals surface area contributed by atoms with Crippen molar-refractivity contribution in [2.24, 2.45) is 0 Å². The Balaban J connectivity index is 2.09. The van der Waals surface area contributed by atoms with Crippen molar-refractivity contribution in [3.63, 3.8) is 0 Å². The second kappa shape index (κ2) is 10.1. The number of hydrogen-bond donors (Lipinski definition) is 2. The van der Waals surface area contributed by atoms with Gasteiger partial charge in [0.1, 0.15) is 11.5 Å². The lowest BCUT2D eigenvalue weighted by atomic mass is 9.72. The van der Waals surface area contributed by atoms with E-state index in [1.165, 1.54) is 0 Å². The molecule has 4 aromatic carbocycles. The smallest absolute Gasteiger partial charge is 0.127 e. The highest BCUT2D eigenvalue weighted by atomic mass is 16.3. The van der Waals surface area contributed by atoms with Gasteiger partial charge in [-0.3, -0.25) is 0 Å². The third kappa shape index (κ3) is 5.42. The van der Waals surface area contributed by atoms with Gasteiger partial charge in [0.05, 0.1) is 0 Å². The van der Waals surface area contributed by atoms with Crippen molar-refractivity contribution in [2.75, 3.05) is 0 Å². The van der Waals surface area contributed by atoms with E-state index in [2.05, 4.69) is 118 Å². The number of aromatic hydroxyl groups is 2. The van der Waals surface area contributed by atoms with Gasteiger partial charge in [-0.2, -0.15) is 0 Å². The Bertz CT molecular complexity index is 1380. The van der Waals surface area contributed by atoms with Crippen molar-refractivity contribution < 1.29 is 10.2 Å². The van der Waals surface area contributed by atoms with Crippen molar-refractivity contribution in [3.05, 3.63) is 118 Å². The molecule has 2 heteroatoms. The fourth-order valence-corrected chi connectivity index (χ4v) is 5.52. The largest absolute Gasteiger partial charge is 0.507 e. The van der Waals surface area contributed by atoms with Gasteiger partial charge in [0.2, 0.25) is 0 Å². The topological polar surface area (TPSA) is 40.5 Å². The molecular weight excluding hydrogens is 488 g/mol. The Hall–Kier alpha value is -3.52. The fourth-order valence-electron chi connectivity index (χ4n) is 5.52. The zero-order valence-corrected chi connectivity index (χ0v) is 26.0. The van der Waals surface area contributed by atoms with Gasteiger partial charge >= 0.3 is 0 Å². The van der Waals surface area contributed by atoms with Crippen LogP contribution in [0.25, 0.3) is 11.1 Å². The van der Waals surface area contributed by atoms with Crippen LogP contribution in [0, 0.1) is 0 Å². The van der Waals surface area contributed by atoms with E-state index in [1.54, 1.807) is 0 Å². The fraction of sp³-hybridized carbons (Fsp3) is 0.368. The first-order valence-corrected chi connectivity index (χ1v) is 14.3. The van der Waals surface area contributed by atoms with E-state index in [1.807, 2.05) is 36.4 Å². The van der Waals surface area contributed by atoms with Crippen LogP contribution in [0.15, 0.2) is 84.9 Å². The van der Waals surface area contributed by atoms with Crippen molar-refractivity contribution in [1.29, 1.82) is 0 Å². The summed E-state index contributed by atoms with van der Waals surface area (Å²) in [7, 11) is 0. The third-order valence-corrected chi connectivity index (χ3v) is 8.58. The van der Waals surface area contributed by atoms with E-state index in [0.717, 1.165) is 33.4 Å². The zero-order valence-electron chi connectivity index (χ0n) is 26.0. The molecule has 4 rings (SSSR count). The summed E-state index contributed by atoms with van der Waals surface area (Å²) in [5.41, 5.74) is 6.29. The van der Waals surface area contributed by atoms with Crippen molar-refractivity contribution in [1.82, 2.24) is 0 Å². The van der Waals surface area contributed by atoms with E-state index >= 15 is 0 Å². The predicted molar refractivity (Wildman–Crippen MR) is 170 cm³/mol. The maximum atomic E-state index is 12.0. The van der Waals surface area contributed by atoms with E-state index in [4.69, 9.17) is 0 Å². The van der Waals surface area contributed by atoms with Gasteiger partial charge in [0.25, 0.3) is 0 Å². The lowest BCUT2D eigenvalue weighted by Gasteiger charge is -2.33. The monoisotopic (exact) mass is 534 g/mol. The molecule has 0 fully saturated rings. The summed E-state index contributed by atoms with van der Waals surface area (Å²) in [5.74, 6) is 0.429. The van der Waals surface area contributed by atoms with Crippen LogP contribution < -0.4 is 0 Å². The number of phenolic OH excluding ortho intramolecular Hbond substituents is 2. The van der Waals surface area contributed by atoms with Gasteiger partial charge in [-0.15, -0.1) is 0 Å². The molecule has 0 amide bonds. The van der Waals surface area contributed by atoms with Crippen LogP contribution in [0.4, 0.5) is 0 Å². The SMILES string of the molecule is CC(C)(C)c1cc(-c2cc(C(C)(C)C)cc(C(C)(C)c3ccccc3)c2O)c(O)c(C(C)(C)c2ccccc2)c1. The van der Waals surface area contributed by atoms with Crippen molar-refractivity contribution in [2.45, 2.75) is 90.9 Å². The van der Waals surface area contributed by atoms with E-state index in [0.29, 0.717) is 11.1 Å². The highest BCUT2D eigenvalue weighted by Crippen LogP contribution is 2.50. The second-order valence-electron chi connectivity index (χ2n) is 14.3. The highest BCUT2D eigenvalue weighted by Gasteiger charge is 2.34. The van der Waals surface area contributed by atoms with Crippen LogP contribution >= 0.6 is 0 Å². The molecule has 0 saturated carbocycles. The van der Waals surface area contributed by atoms with Crippen LogP contribution in [0.3, 0.4) is 0 Å². The molecule has 0 aromatic heterocycles. The first kappa shape index (κ1) is 29.5. The summed E-state index contributed by atoms with van der Waals surface area (Å²) < 4.78 is 0. The Morgan fingerprint density at radius 3 is 0.975 bits per heavy atom. The Kier molecular flexibility index (Phi) is 7.47. The average Bonchev–Trinajstić information content (AvgIpc) is 2.88. The first-order valence-electron chi connectivity index (χ1n) is 14.3. The van der Waals surface area contributed by atoms with E-state index < -0.39 is 10.8 Å². The second-order valence-corrected chi connectivity index (χ2v) is 14.3. The molecule has 0 heterocycles. The third-order valence-electron chi connectivity index (χ3n) is 8.58. The molecule has 2 nitrogen and oxygen atoms in total. The minimum atomic E-state index is -0.454. The quantitative estimate of drug-likeness (QED) is 0.267. The molecule has 40 heavy (non-hydrogen) atoms. The molecule has 0 aliphatic carbocycles. The Labute approximate surface area is 241 Å². The van der Waals surface area contributed by atoms with Crippen LogP contribution in [0.1, 0.15) is 103 Å². The molecule has 0 aliphatic heterocycles. The number of phenols is 2. The van der Waals surface area contributed by atoms with Gasteiger partial charge < -0.3 is 10.2 Å². The lowest BCUT2D eigenvalue weighted by molar-refractivity contribution is 0.444. The van der Waals surface area contributed by atoms with Gasteiger partial charge in [-0.05, 0) is 45.2 Å². The maximum absolute atomic E-state index is 12.0. The summed E-state index contributed by atoms with van der Waals surface area (Å²) in [6.07, 6.45) is 0. The van der Waals surface area contributed by atoms with Crippen LogP contribution in [0.5, 0.6) is 11.5 Å². The summed E-state index contributed by atoms with van der Waals surface area (Å²) >= 11 is 0. The van der Waals surface area contributed by atoms with E-state index in [9.17, 15) is 10.2 Å². The molecule has 0 unspecified atom stereocenters. The predicted octanol–water partition coefficient (Wildman–Crippen LogP) is 10.0. The highest BCUT2D eigenvalue weighted by molar-refractivity contribution is 5.81. The normalized spacial score (nSPS) is 12.9. The standard InChI is InChI=1S/C38H46O2/c1-35(2,3)27-21-29(33(39)31(23-27)37(7,8)25-17-13-11-14-18-25)30-22-28(36(4,5)6)24-32(34(30)40)38(9,10)26-19-15-12-16-20-26/h11-24,39-40H,1-10H3. The number of rotatable bonds is 5. The molecular formula is C38H46O2. The maximum Gasteiger partial charge on any atom is 0.127 e. The first-order chi connectivity index (χ1) is 18.5. The molecule has 210 valence electrons. The van der Waals surface area contributed by atoms with Gasteiger partial charge in [0.15, 0.2) is 0 Å². The summed E-state index contributed by atoms with van der Waals surface area (Å²) in [4.78, 5) is 0. The molecule has 2 N–H and O–H groups in total. The molecule has 0 aliphatic rings. The molecule has 0 atom stereocenters. The number of hydrogen-bond acceptors (Lipinski definition) is 2. The van der Waals surface area contributed by atoms with Gasteiger partial charge in [-0.25, -0.2) is 0 Å². The van der Waals surface area contributed by atoms with Crippen molar-refractivity contribution in [3.8, 4) is 22.6 Å². The molecule has 0 bridgehead atoms. The number of benzene rings is 4. The molecule has 4 aromatic rings.